The summed E-state index contributed by atoms with van der Waals surface area (Å²) in [7, 11) is 0. The van der Waals surface area contributed by atoms with Crippen LogP contribution in [0.15, 0.2) is 41.2 Å². The number of carbonyl (C=O) groups excluding carboxylic acids is 3. The zero-order chi connectivity index (χ0) is 18.5. The molecule has 0 radical (unpaired) electrons. The summed E-state index contributed by atoms with van der Waals surface area (Å²) in [5.74, 6) is -1.25. The lowest BCUT2D eigenvalue weighted by molar-refractivity contribution is -0.124. The largest absolute Gasteiger partial charge is 0.494 e. The summed E-state index contributed by atoms with van der Waals surface area (Å²) in [6, 6.07) is 5.59. The van der Waals surface area contributed by atoms with Crippen molar-refractivity contribution in [1.29, 1.82) is 0 Å². The Hall–Kier alpha value is -2.81. The molecular weight excluding hydrogens is 363 g/mol. The molecule has 7 nitrogen and oxygen atoms in total. The fourth-order valence-corrected chi connectivity index (χ4v) is 3.12. The summed E-state index contributed by atoms with van der Waals surface area (Å²) in [4.78, 5) is 37.5. The maximum Gasteiger partial charge on any atom is 0.293 e. The molecule has 0 atom stereocenters. The molecule has 0 saturated carbocycles. The van der Waals surface area contributed by atoms with Gasteiger partial charge in [0.15, 0.2) is 0 Å². The van der Waals surface area contributed by atoms with Crippen molar-refractivity contribution in [2.45, 2.75) is 0 Å². The molecule has 2 aliphatic rings. The van der Waals surface area contributed by atoms with E-state index in [1.807, 2.05) is 0 Å². The first-order valence-electron chi connectivity index (χ1n) is 7.78. The molecule has 3 amide bonds. The Morgan fingerprint density at radius 3 is 2.73 bits per heavy atom. The predicted molar refractivity (Wildman–Crippen MR) is 92.1 cm³/mol. The lowest BCUT2D eigenvalue weighted by atomic mass is 10.2. The topological polar surface area (TPSA) is 84.9 Å². The van der Waals surface area contributed by atoms with E-state index in [-0.39, 0.29) is 36.2 Å². The second-order valence-electron chi connectivity index (χ2n) is 5.34. The maximum atomic E-state index is 12.9. The Morgan fingerprint density at radius 2 is 2.04 bits per heavy atom. The molecule has 1 aromatic rings. The molecule has 1 N–H and O–H groups in total. The molecule has 2 aliphatic heterocycles. The van der Waals surface area contributed by atoms with Gasteiger partial charge >= 0.3 is 0 Å². The van der Waals surface area contributed by atoms with E-state index in [4.69, 9.17) is 9.47 Å². The Balaban J connectivity index is 1.56. The van der Waals surface area contributed by atoms with Gasteiger partial charge in [-0.25, -0.2) is 4.39 Å². The number of rotatable bonds is 5. The van der Waals surface area contributed by atoms with Crippen molar-refractivity contribution >= 4 is 34.9 Å². The molecule has 9 heteroatoms. The van der Waals surface area contributed by atoms with E-state index in [0.29, 0.717) is 12.2 Å². The molecule has 26 heavy (non-hydrogen) atoms. The van der Waals surface area contributed by atoms with Gasteiger partial charge in [0.05, 0.1) is 4.91 Å². The summed E-state index contributed by atoms with van der Waals surface area (Å²) in [5.41, 5.74) is 0.617. The van der Waals surface area contributed by atoms with Gasteiger partial charge in [0, 0.05) is 13.1 Å². The van der Waals surface area contributed by atoms with Crippen molar-refractivity contribution in [3.05, 3.63) is 52.6 Å². The number of hydrogen-bond donors (Lipinski definition) is 1. The Bertz CT molecular complexity index is 791. The Labute approximate surface area is 152 Å². The van der Waals surface area contributed by atoms with Gasteiger partial charge in [-0.15, -0.1) is 0 Å². The first-order valence-corrected chi connectivity index (χ1v) is 8.60. The quantitative estimate of drug-likeness (QED) is 0.788. The van der Waals surface area contributed by atoms with Crippen LogP contribution in [0.1, 0.15) is 5.56 Å². The van der Waals surface area contributed by atoms with Crippen LogP contribution in [0.2, 0.25) is 0 Å². The van der Waals surface area contributed by atoms with Gasteiger partial charge < -0.3 is 14.8 Å². The van der Waals surface area contributed by atoms with E-state index in [2.05, 4.69) is 5.32 Å². The first kappa shape index (κ1) is 18.0. The molecule has 136 valence electrons. The number of nitrogens with zero attached hydrogens (tertiary/aromatic N) is 1. The van der Waals surface area contributed by atoms with E-state index >= 15 is 0 Å². The van der Waals surface area contributed by atoms with Crippen LogP contribution in [0, 0.1) is 5.82 Å². The average Bonchev–Trinajstić information content (AvgIpc) is 2.91. The number of nitrogens with one attached hydrogen (secondary N) is 1. The van der Waals surface area contributed by atoms with Crippen LogP contribution in [0.3, 0.4) is 0 Å². The normalized spacial score (nSPS) is 18.4. The van der Waals surface area contributed by atoms with Crippen LogP contribution in [0.4, 0.5) is 9.18 Å². The van der Waals surface area contributed by atoms with Gasteiger partial charge in [-0.05, 0) is 35.5 Å². The van der Waals surface area contributed by atoms with Crippen molar-refractivity contribution in [3.8, 4) is 0 Å². The molecule has 1 fully saturated rings. The smallest absolute Gasteiger partial charge is 0.293 e. The third-order valence-electron chi connectivity index (χ3n) is 3.54. The molecule has 2 heterocycles. The van der Waals surface area contributed by atoms with Gasteiger partial charge in [-0.3, -0.25) is 19.3 Å². The standard InChI is InChI=1S/C17H15FN2O5S/c18-12-3-1-11(2-4-12)9-14-16(22)20(17(23)26-14)6-5-19-15(21)13-10-24-7-8-25-13/h1-4,9-10H,5-8H2,(H,19,21)/b14-9-. The number of imide groups is 1. The highest BCUT2D eigenvalue weighted by Crippen LogP contribution is 2.31. The van der Waals surface area contributed by atoms with E-state index in [1.54, 1.807) is 0 Å². The third-order valence-corrected chi connectivity index (χ3v) is 4.44. The number of carbonyl (C=O) groups is 3. The van der Waals surface area contributed by atoms with Crippen LogP contribution in [0.25, 0.3) is 6.08 Å². The highest BCUT2D eigenvalue weighted by atomic mass is 32.2. The Morgan fingerprint density at radius 1 is 1.27 bits per heavy atom. The van der Waals surface area contributed by atoms with E-state index in [9.17, 15) is 18.8 Å². The number of ether oxygens (including phenoxy) is 2. The molecule has 1 saturated heterocycles. The summed E-state index contributed by atoms with van der Waals surface area (Å²) < 4.78 is 23.1. The van der Waals surface area contributed by atoms with Crippen molar-refractivity contribution in [2.75, 3.05) is 26.3 Å². The maximum absolute atomic E-state index is 12.9. The van der Waals surface area contributed by atoms with Gasteiger partial charge in [0.25, 0.3) is 17.1 Å². The lowest BCUT2D eigenvalue weighted by Crippen LogP contribution is -2.38. The van der Waals surface area contributed by atoms with Crippen LogP contribution >= 0.6 is 11.8 Å². The number of halogens is 1. The minimum Gasteiger partial charge on any atom is -0.494 e. The molecule has 0 aromatic heterocycles. The molecule has 0 bridgehead atoms. The molecule has 1 aromatic carbocycles. The number of amides is 3. The van der Waals surface area contributed by atoms with E-state index in [0.717, 1.165) is 16.7 Å². The SMILES string of the molecule is O=C(NCCN1C(=O)S/C(=C\c2ccc(F)cc2)C1=O)C1=COCCO1. The summed E-state index contributed by atoms with van der Waals surface area (Å²) in [5, 5.41) is 2.14. The molecular formula is C17H15FN2O5S. The molecule has 0 unspecified atom stereocenters. The fraction of sp³-hybridized carbons (Fsp3) is 0.235. The minimum absolute atomic E-state index is 0.0330. The zero-order valence-corrected chi connectivity index (χ0v) is 14.4. The van der Waals surface area contributed by atoms with Crippen LogP contribution in [-0.2, 0) is 19.1 Å². The second-order valence-corrected chi connectivity index (χ2v) is 6.34. The summed E-state index contributed by atoms with van der Waals surface area (Å²) >= 11 is 0.804. The molecule has 3 rings (SSSR count). The van der Waals surface area contributed by atoms with Crippen molar-refractivity contribution in [2.24, 2.45) is 0 Å². The first-order chi connectivity index (χ1) is 12.5. The minimum atomic E-state index is -0.474. The predicted octanol–water partition coefficient (Wildman–Crippen LogP) is 1.87. The summed E-state index contributed by atoms with van der Waals surface area (Å²) in [6.07, 6.45) is 2.76. The summed E-state index contributed by atoms with van der Waals surface area (Å²) in [6.45, 7) is 0.789. The number of thioether (sulfide) groups is 1. The van der Waals surface area contributed by atoms with E-state index < -0.39 is 17.1 Å². The van der Waals surface area contributed by atoms with Crippen molar-refractivity contribution in [1.82, 2.24) is 10.2 Å². The van der Waals surface area contributed by atoms with Crippen molar-refractivity contribution < 1.29 is 28.2 Å². The van der Waals surface area contributed by atoms with Gasteiger partial charge in [-0.2, -0.15) is 0 Å². The van der Waals surface area contributed by atoms with Crippen LogP contribution in [-0.4, -0.2) is 48.3 Å². The third kappa shape index (κ3) is 4.23. The second kappa shape index (κ2) is 8.05. The van der Waals surface area contributed by atoms with Gasteiger partial charge in [0.2, 0.25) is 5.76 Å². The number of hydrogen-bond acceptors (Lipinski definition) is 6. The highest BCUT2D eigenvalue weighted by molar-refractivity contribution is 8.18. The molecule has 0 spiro atoms. The highest BCUT2D eigenvalue weighted by Gasteiger charge is 2.34. The van der Waals surface area contributed by atoms with Crippen molar-refractivity contribution in [3.63, 3.8) is 0 Å². The van der Waals surface area contributed by atoms with E-state index in [1.165, 1.54) is 36.6 Å². The Kier molecular flexibility index (Phi) is 5.57. The van der Waals surface area contributed by atoms with Gasteiger partial charge in [-0.1, -0.05) is 12.1 Å². The fourth-order valence-electron chi connectivity index (χ4n) is 2.26. The lowest BCUT2D eigenvalue weighted by Gasteiger charge is -2.16. The monoisotopic (exact) mass is 378 g/mol. The molecule has 0 aliphatic carbocycles. The van der Waals surface area contributed by atoms with Crippen LogP contribution in [0.5, 0.6) is 0 Å². The van der Waals surface area contributed by atoms with Gasteiger partial charge in [0.1, 0.15) is 25.3 Å². The average molecular weight is 378 g/mol. The zero-order valence-electron chi connectivity index (χ0n) is 13.6. The number of benzene rings is 1. The van der Waals surface area contributed by atoms with Crippen LogP contribution < -0.4 is 5.32 Å².